The van der Waals surface area contributed by atoms with Crippen LogP contribution in [0.25, 0.3) is 0 Å². The van der Waals surface area contributed by atoms with Gasteiger partial charge in [-0.05, 0) is 41.5 Å². The van der Waals surface area contributed by atoms with E-state index in [9.17, 15) is 0 Å². The minimum Gasteiger partial charge on any atom is -0.550 e. The van der Waals surface area contributed by atoms with Crippen molar-refractivity contribution in [2.75, 3.05) is 0 Å². The predicted molar refractivity (Wildman–Crippen MR) is 64.1 cm³/mol. The van der Waals surface area contributed by atoms with Crippen LogP contribution < -0.4 is 30.6 Å². The third kappa shape index (κ3) is 31700. The van der Waals surface area contributed by atoms with Crippen LogP contribution in [-0.4, -0.2) is 35.8 Å². The summed E-state index contributed by atoms with van der Waals surface area (Å²) < 4.78 is 0. The van der Waals surface area contributed by atoms with Crippen LogP contribution in [0.5, 0.6) is 0 Å². The van der Waals surface area contributed by atoms with Gasteiger partial charge in [-0.1, -0.05) is 0 Å². The van der Waals surface area contributed by atoms with E-state index in [2.05, 4.69) is 0 Å². The van der Waals surface area contributed by atoms with Crippen molar-refractivity contribution < 1.29 is 137 Å². The van der Waals surface area contributed by atoms with Gasteiger partial charge in [-0.2, -0.15) is 0 Å². The van der Waals surface area contributed by atoms with Gasteiger partial charge in [0.05, 0.1) is 0 Å². The number of hydrogen-bond acceptors (Lipinski definition) is 12. The maximum atomic E-state index is 8.89. The largest absolute Gasteiger partial charge is 3.00 e. The van der Waals surface area contributed by atoms with Crippen molar-refractivity contribution in [1.29, 1.82) is 0 Å². The van der Waals surface area contributed by atoms with Crippen molar-refractivity contribution in [2.24, 2.45) is 0 Å². The molecular formula is C12H18CeLaO12. The van der Waals surface area contributed by atoms with Crippen molar-refractivity contribution in [2.45, 2.75) is 41.5 Å². The Morgan fingerprint density at radius 3 is 0.385 bits per heavy atom. The minimum atomic E-state index is -1.08. The van der Waals surface area contributed by atoms with E-state index >= 15 is 0 Å². The molecule has 0 aliphatic rings. The van der Waals surface area contributed by atoms with Crippen LogP contribution in [0.2, 0.25) is 0 Å². The van der Waals surface area contributed by atoms with Gasteiger partial charge in [-0.15, -0.1) is 0 Å². The Bertz CT molecular complexity index is 267. The molecule has 26 heavy (non-hydrogen) atoms. The van der Waals surface area contributed by atoms with Gasteiger partial charge in [0, 0.05) is 35.8 Å². The van der Waals surface area contributed by atoms with E-state index in [1.807, 2.05) is 0 Å². The first-order valence-electron chi connectivity index (χ1n) is 5.45. The molecule has 145 valence electrons. The molecule has 1 radical (unpaired) electrons. The van der Waals surface area contributed by atoms with Gasteiger partial charge in [0.1, 0.15) is 0 Å². The molecule has 0 aromatic rings. The standard InChI is InChI=1S/6C2H4O2.Ce.La/c6*1-2(3)4;;/h6*1H3,(H,3,4);;/q;;;;;;2*+3/p-6. The second-order valence-corrected chi connectivity index (χ2v) is 2.95. The molecule has 0 unspecified atom stereocenters. The van der Waals surface area contributed by atoms with E-state index in [-0.39, 0.29) is 77.3 Å². The van der Waals surface area contributed by atoms with Gasteiger partial charge < -0.3 is 59.4 Å². The molecule has 14 heteroatoms. The van der Waals surface area contributed by atoms with Crippen LogP contribution in [0.1, 0.15) is 41.5 Å². The molecule has 12 nitrogen and oxygen atoms in total. The van der Waals surface area contributed by atoms with E-state index in [4.69, 9.17) is 59.4 Å². The van der Waals surface area contributed by atoms with Gasteiger partial charge in [0.15, 0.2) is 0 Å². The van der Waals surface area contributed by atoms with Gasteiger partial charge in [-0.25, -0.2) is 0 Å². The van der Waals surface area contributed by atoms with Crippen molar-refractivity contribution in [3.63, 3.8) is 0 Å². The molecule has 0 rings (SSSR count). The van der Waals surface area contributed by atoms with Crippen molar-refractivity contribution in [3.05, 3.63) is 0 Å². The Hall–Kier alpha value is -0.609. The van der Waals surface area contributed by atoms with E-state index in [0.29, 0.717) is 0 Å². The number of carboxylic acid groups (broad SMARTS) is 6. The molecule has 0 heterocycles. The molecule has 0 atom stereocenters. The molecule has 0 fully saturated rings. The van der Waals surface area contributed by atoms with E-state index < -0.39 is 35.8 Å². The predicted octanol–water partition coefficient (Wildman–Crippen LogP) is -7.46. The number of carbonyl (C=O) groups excluding carboxylic acids is 6. The Morgan fingerprint density at radius 2 is 0.385 bits per heavy atom. The Kier molecular flexibility index (Phi) is 84.8. The summed E-state index contributed by atoms with van der Waals surface area (Å²) in [7, 11) is 0. The molecule has 0 aliphatic carbocycles. The summed E-state index contributed by atoms with van der Waals surface area (Å²) in [6.45, 7) is 5.83. The molecule has 0 amide bonds. The molecule has 0 aromatic heterocycles. The second kappa shape index (κ2) is 44.1. The van der Waals surface area contributed by atoms with Crippen LogP contribution in [0.4, 0.5) is 0 Å². The zero-order valence-corrected chi connectivity index (χ0v) is 21.7. The van der Waals surface area contributed by atoms with Gasteiger partial charge in [0.25, 0.3) is 0 Å². The first kappa shape index (κ1) is 49.9. The minimum absolute atomic E-state index is 0. The first-order chi connectivity index (χ1) is 10.4. The van der Waals surface area contributed by atoms with Crippen LogP contribution in [-0.2, 0) is 28.8 Å². The van der Waals surface area contributed by atoms with Gasteiger partial charge in [-0.3, -0.25) is 0 Å². The molecule has 0 saturated carbocycles. The number of rotatable bonds is 0. The molecule has 0 N–H and O–H groups in total. The fourth-order valence-corrected chi connectivity index (χ4v) is 0. The van der Waals surface area contributed by atoms with Crippen LogP contribution in [0.15, 0.2) is 0 Å². The summed E-state index contributed by atoms with van der Waals surface area (Å²) in [6.07, 6.45) is 0. The summed E-state index contributed by atoms with van der Waals surface area (Å²) in [5.41, 5.74) is 0. The van der Waals surface area contributed by atoms with Crippen molar-refractivity contribution >= 4 is 35.8 Å². The third-order valence-corrected chi connectivity index (χ3v) is 0. The molecule has 0 spiro atoms. The maximum absolute atomic E-state index is 8.89. The fraction of sp³-hybridized carbons (Fsp3) is 0.500. The quantitative estimate of drug-likeness (QED) is 0.242. The van der Waals surface area contributed by atoms with Crippen LogP contribution >= 0.6 is 0 Å². The average molecular weight is 633 g/mol. The first-order valence-corrected chi connectivity index (χ1v) is 5.45. The van der Waals surface area contributed by atoms with Crippen LogP contribution in [0, 0.1) is 77.3 Å². The normalized spacial score (nSPS) is 5.77. The summed E-state index contributed by atoms with van der Waals surface area (Å²) in [5.74, 6) is -6.50. The zero-order chi connectivity index (χ0) is 21.5. The van der Waals surface area contributed by atoms with Crippen molar-refractivity contribution in [3.8, 4) is 0 Å². The number of hydrogen-bond donors (Lipinski definition) is 0. The van der Waals surface area contributed by atoms with Gasteiger partial charge >= 0.3 is 77.3 Å². The molecule has 0 aliphatic heterocycles. The SMILES string of the molecule is CC(=O)[O-].CC(=O)[O-].CC(=O)[O-].CC(=O)[O-].CC(=O)[O-].CC(=O)[O-].[Ce+3].[La+3]. The monoisotopic (exact) mass is 633 g/mol. The third-order valence-electron chi connectivity index (χ3n) is 0. The van der Waals surface area contributed by atoms with Gasteiger partial charge in [0.2, 0.25) is 0 Å². The Labute approximate surface area is 212 Å². The topological polar surface area (TPSA) is 241 Å². The molecule has 0 bridgehead atoms. The number of carboxylic acids is 6. The Balaban J connectivity index is -0.0000000245. The zero-order valence-electron chi connectivity index (χ0n) is 15.0. The van der Waals surface area contributed by atoms with Crippen LogP contribution in [0.3, 0.4) is 0 Å². The summed E-state index contributed by atoms with van der Waals surface area (Å²) in [6, 6.07) is 0. The smallest absolute Gasteiger partial charge is 0.550 e. The molecule has 0 saturated heterocycles. The molecular weight excluding hydrogens is 615 g/mol. The number of carbonyl (C=O) groups is 6. The maximum Gasteiger partial charge on any atom is 3.00 e. The van der Waals surface area contributed by atoms with Crippen molar-refractivity contribution in [1.82, 2.24) is 0 Å². The van der Waals surface area contributed by atoms with E-state index in [1.165, 1.54) is 0 Å². The average Bonchev–Trinajstić information content (AvgIpc) is 2.08. The summed E-state index contributed by atoms with van der Waals surface area (Å²) >= 11 is 0. The fourth-order valence-electron chi connectivity index (χ4n) is 0. The Morgan fingerprint density at radius 1 is 0.385 bits per heavy atom. The van der Waals surface area contributed by atoms with E-state index in [0.717, 1.165) is 41.5 Å². The second-order valence-electron chi connectivity index (χ2n) is 2.95. The number of aliphatic carboxylic acids is 6. The summed E-state index contributed by atoms with van der Waals surface area (Å²) in [5, 5.41) is 53.3. The van der Waals surface area contributed by atoms with E-state index in [1.54, 1.807) is 0 Å². The summed E-state index contributed by atoms with van der Waals surface area (Å²) in [4.78, 5) is 53.3. The molecule has 0 aromatic carbocycles.